The molecule has 1 unspecified atom stereocenters. The lowest BCUT2D eigenvalue weighted by Gasteiger charge is -2.24. The molecule has 1 fully saturated rings. The number of halogens is 1. The minimum Gasteiger partial charge on any atom is -0.393 e. The lowest BCUT2D eigenvalue weighted by Crippen LogP contribution is -2.34. The average molecular weight is 563 g/mol. The van der Waals surface area contributed by atoms with Crippen LogP contribution in [0.2, 0.25) is 0 Å². The molecule has 10 nitrogen and oxygen atoms in total. The average Bonchev–Trinajstić information content (AvgIpc) is 3.17. The number of aliphatic imine (C=N–C) groups is 1. The Morgan fingerprint density at radius 3 is 2.40 bits per heavy atom. The Kier molecular flexibility index (Phi) is 14.6. The Morgan fingerprint density at radius 1 is 1.02 bits per heavy atom. The second-order valence-corrected chi connectivity index (χ2v) is 10.3. The van der Waals surface area contributed by atoms with E-state index in [4.69, 9.17) is 21.9 Å². The molecular weight excluding hydrogens is 519 g/mol. The molecule has 11 heteroatoms. The number of nitrogens with two attached hydrogens (primary N) is 3. The van der Waals surface area contributed by atoms with Crippen molar-refractivity contribution in [2.45, 2.75) is 95.0 Å². The molecule has 0 aliphatic heterocycles. The zero-order valence-electron chi connectivity index (χ0n) is 22.9. The fourth-order valence-corrected chi connectivity index (χ4v) is 5.01. The smallest absolute Gasteiger partial charge is 0.330 e. The Balaban J connectivity index is 1.65. The first kappa shape index (κ1) is 33.2. The summed E-state index contributed by atoms with van der Waals surface area (Å²) in [5.41, 5.74) is 16.4. The van der Waals surface area contributed by atoms with Crippen molar-refractivity contribution in [1.82, 2.24) is 0 Å². The molecular formula is C29H43FN4O6. The monoisotopic (exact) mass is 562 g/mol. The zero-order chi connectivity index (χ0) is 29.5. The van der Waals surface area contributed by atoms with Crippen LogP contribution >= 0.6 is 0 Å². The van der Waals surface area contributed by atoms with Crippen LogP contribution in [0.25, 0.3) is 0 Å². The Hall–Kier alpha value is -3.04. The molecule has 9 N–H and O–H groups in total. The van der Waals surface area contributed by atoms with Crippen molar-refractivity contribution in [2.24, 2.45) is 34.0 Å². The van der Waals surface area contributed by atoms with E-state index < -0.39 is 42.1 Å². The van der Waals surface area contributed by atoms with Gasteiger partial charge in [-0.15, -0.1) is 0 Å². The molecule has 40 heavy (non-hydrogen) atoms. The third kappa shape index (κ3) is 12.0. The van der Waals surface area contributed by atoms with E-state index in [0.717, 1.165) is 19.3 Å². The van der Waals surface area contributed by atoms with Gasteiger partial charge in [-0.3, -0.25) is 9.79 Å². The number of hydrogen-bond donors (Lipinski definition) is 6. The lowest BCUT2D eigenvalue weighted by molar-refractivity contribution is -0.160. The highest BCUT2D eigenvalue weighted by molar-refractivity contribution is 5.88. The van der Waals surface area contributed by atoms with Crippen molar-refractivity contribution < 1.29 is 34.0 Å². The van der Waals surface area contributed by atoms with Crippen LogP contribution in [0.3, 0.4) is 0 Å². The second-order valence-electron chi connectivity index (χ2n) is 10.3. The van der Waals surface area contributed by atoms with Gasteiger partial charge >= 0.3 is 11.9 Å². The number of aliphatic hydroxyl groups excluding tert-OH is 3. The van der Waals surface area contributed by atoms with Crippen molar-refractivity contribution in [3.8, 4) is 11.8 Å². The van der Waals surface area contributed by atoms with E-state index in [0.29, 0.717) is 51.5 Å². The highest BCUT2D eigenvalue weighted by atomic mass is 19.1. The quantitative estimate of drug-likeness (QED) is 0.0458. The Bertz CT molecular complexity index is 1040. The largest absolute Gasteiger partial charge is 0.393 e. The summed E-state index contributed by atoms with van der Waals surface area (Å²) in [7, 11) is 0. The number of nitrogens with zero attached hydrogens (tertiary/aromatic N) is 1. The second kappa shape index (κ2) is 17.6. The topological polar surface area (TPSA) is 194 Å². The molecule has 0 heterocycles. The van der Waals surface area contributed by atoms with E-state index in [1.54, 1.807) is 18.2 Å². The fourth-order valence-electron chi connectivity index (χ4n) is 5.01. The first-order valence-corrected chi connectivity index (χ1v) is 13.9. The number of ether oxygens (including phenoxy) is 1. The number of aliphatic hydroxyl groups is 3. The summed E-state index contributed by atoms with van der Waals surface area (Å²) in [6.45, 7) is 0.336. The van der Waals surface area contributed by atoms with Crippen LogP contribution in [-0.4, -0.2) is 64.1 Å². The van der Waals surface area contributed by atoms with Gasteiger partial charge < -0.3 is 37.3 Å². The number of hydrogen-bond acceptors (Lipinski definition) is 8. The maximum Gasteiger partial charge on any atom is 0.330 e. The highest BCUT2D eigenvalue weighted by Crippen LogP contribution is 2.39. The zero-order valence-corrected chi connectivity index (χ0v) is 22.9. The van der Waals surface area contributed by atoms with Crippen LogP contribution in [0, 0.1) is 29.5 Å². The van der Waals surface area contributed by atoms with Gasteiger partial charge in [0.25, 0.3) is 0 Å². The first-order chi connectivity index (χ1) is 19.1. The highest BCUT2D eigenvalue weighted by Gasteiger charge is 2.40. The molecule has 222 valence electrons. The molecule has 1 aliphatic rings. The lowest BCUT2D eigenvalue weighted by atomic mass is 9.85. The predicted molar refractivity (Wildman–Crippen MR) is 149 cm³/mol. The van der Waals surface area contributed by atoms with Crippen molar-refractivity contribution >= 4 is 17.9 Å². The van der Waals surface area contributed by atoms with Gasteiger partial charge in [-0.25, -0.2) is 9.18 Å². The van der Waals surface area contributed by atoms with Crippen molar-refractivity contribution in [3.63, 3.8) is 0 Å². The summed E-state index contributed by atoms with van der Waals surface area (Å²) in [6, 6.07) is 5.17. The van der Waals surface area contributed by atoms with Crippen molar-refractivity contribution in [3.05, 3.63) is 35.6 Å². The van der Waals surface area contributed by atoms with Crippen LogP contribution < -0.4 is 17.2 Å². The van der Waals surface area contributed by atoms with Crippen LogP contribution in [0.4, 0.5) is 4.39 Å². The van der Waals surface area contributed by atoms with Gasteiger partial charge in [-0.1, -0.05) is 43.2 Å². The predicted octanol–water partition coefficient (Wildman–Crippen LogP) is 1.47. The summed E-state index contributed by atoms with van der Waals surface area (Å²) in [5, 5.41) is 31.2. The molecule has 6 atom stereocenters. The van der Waals surface area contributed by atoms with Gasteiger partial charge in [0.15, 0.2) is 5.96 Å². The minimum absolute atomic E-state index is 0.0388. The maximum atomic E-state index is 13.7. The molecule has 0 aromatic heterocycles. The fraction of sp³-hybridized carbons (Fsp3) is 0.621. The molecule has 0 amide bonds. The molecule has 1 aliphatic carbocycles. The molecule has 1 aromatic carbocycles. The van der Waals surface area contributed by atoms with E-state index in [2.05, 4.69) is 16.8 Å². The van der Waals surface area contributed by atoms with Crippen LogP contribution in [0.1, 0.15) is 76.2 Å². The molecule has 0 saturated heterocycles. The summed E-state index contributed by atoms with van der Waals surface area (Å²) in [6.07, 6.45) is 3.37. The molecule has 0 spiro atoms. The van der Waals surface area contributed by atoms with Gasteiger partial charge in [-0.05, 0) is 68.9 Å². The number of unbranched alkanes of at least 4 members (excludes halogenated alkanes) is 3. The summed E-state index contributed by atoms with van der Waals surface area (Å²) in [5.74, 6) is 3.18. The molecule has 0 radical (unpaired) electrons. The molecule has 1 saturated carbocycles. The summed E-state index contributed by atoms with van der Waals surface area (Å²) in [4.78, 5) is 27.7. The number of carbonyl (C=O) groups excluding carboxylic acids is 2. The Labute approximate surface area is 235 Å². The van der Waals surface area contributed by atoms with Crippen LogP contribution in [-0.2, 0) is 14.3 Å². The first-order valence-electron chi connectivity index (χ1n) is 13.9. The van der Waals surface area contributed by atoms with E-state index >= 15 is 0 Å². The number of esters is 2. The maximum absolute atomic E-state index is 13.7. The van der Waals surface area contributed by atoms with Crippen molar-refractivity contribution in [2.75, 3.05) is 6.54 Å². The van der Waals surface area contributed by atoms with Gasteiger partial charge in [-0.2, -0.15) is 0 Å². The van der Waals surface area contributed by atoms with E-state index in [1.165, 1.54) is 6.07 Å². The minimum atomic E-state index is -0.962. The van der Waals surface area contributed by atoms with Crippen LogP contribution in [0.5, 0.6) is 0 Å². The standard InChI is InChI=1S/C29H43FN4O6/c30-23-10-6-5-8-19(23)13-14-20(35)15-16-22-21(25(36)18-26(22)37)9-3-1-2-4-12-27(38)40-28(39)24(31)11-7-17-34-29(32)33/h5-6,8,10,20-22,24-26,35-37H,1-4,7,9,11-12,15-18,31H2,(H4,32,33,34)/t20-,21+,22+,24?,25-,26+/m0/s1. The summed E-state index contributed by atoms with van der Waals surface area (Å²) >= 11 is 0. The van der Waals surface area contributed by atoms with Gasteiger partial charge in [0.05, 0.1) is 17.8 Å². The van der Waals surface area contributed by atoms with Crippen molar-refractivity contribution in [1.29, 1.82) is 0 Å². The van der Waals surface area contributed by atoms with Gasteiger partial charge in [0, 0.05) is 13.0 Å². The number of guanidine groups is 1. The molecule has 1 aromatic rings. The molecule has 0 bridgehead atoms. The van der Waals surface area contributed by atoms with Crippen LogP contribution in [0.15, 0.2) is 29.3 Å². The van der Waals surface area contributed by atoms with E-state index in [-0.39, 0.29) is 29.8 Å². The SMILES string of the molecule is NC(N)=NCCCC(N)C(=O)OC(=O)CCCCCC[C@@H]1[C@@H](CC[C@@H](O)C#Cc2ccccc2F)[C@H](O)C[C@@H]1O. The summed E-state index contributed by atoms with van der Waals surface area (Å²) < 4.78 is 18.5. The Morgan fingerprint density at radius 2 is 1.70 bits per heavy atom. The van der Waals surface area contributed by atoms with E-state index in [1.807, 2.05) is 0 Å². The third-order valence-electron chi connectivity index (χ3n) is 7.20. The van der Waals surface area contributed by atoms with Gasteiger partial charge in [0.2, 0.25) is 0 Å². The van der Waals surface area contributed by atoms with Gasteiger partial charge in [0.1, 0.15) is 18.0 Å². The third-order valence-corrected chi connectivity index (χ3v) is 7.20. The normalized spacial score (nSPS) is 21.6. The molecule has 2 rings (SSSR count). The number of benzene rings is 1. The van der Waals surface area contributed by atoms with E-state index in [9.17, 15) is 29.3 Å². The number of rotatable bonds is 15. The number of carbonyl (C=O) groups is 2.